The van der Waals surface area contributed by atoms with Crippen molar-refractivity contribution in [3.8, 4) is 0 Å². The van der Waals surface area contributed by atoms with E-state index in [2.05, 4.69) is 37.6 Å². The molecule has 0 bridgehead atoms. The summed E-state index contributed by atoms with van der Waals surface area (Å²) in [7, 11) is 0. The Labute approximate surface area is 118 Å². The van der Waals surface area contributed by atoms with Gasteiger partial charge in [0, 0.05) is 29.7 Å². The van der Waals surface area contributed by atoms with Crippen LogP contribution in [0.4, 0.5) is 0 Å². The average Bonchev–Trinajstić information content (AvgIpc) is 2.90. The summed E-state index contributed by atoms with van der Waals surface area (Å²) < 4.78 is 2.01. The third kappa shape index (κ3) is 2.83. The Balaban J connectivity index is 2.11. The van der Waals surface area contributed by atoms with Crippen molar-refractivity contribution in [2.75, 3.05) is 13.1 Å². The molecule has 0 aliphatic heterocycles. The first-order chi connectivity index (χ1) is 8.98. The van der Waals surface area contributed by atoms with Gasteiger partial charge in [0.2, 0.25) is 0 Å². The van der Waals surface area contributed by atoms with Crippen LogP contribution < -0.4 is 0 Å². The van der Waals surface area contributed by atoms with Crippen molar-refractivity contribution in [2.24, 2.45) is 0 Å². The highest BCUT2D eigenvalue weighted by molar-refractivity contribution is 7.15. The molecule has 5 heteroatoms. The maximum absolute atomic E-state index is 10.5. The van der Waals surface area contributed by atoms with E-state index < -0.39 is 6.10 Å². The number of fused-ring (bicyclic) bond motifs is 1. The minimum atomic E-state index is -0.419. The van der Waals surface area contributed by atoms with E-state index in [1.54, 1.807) is 11.3 Å². The quantitative estimate of drug-likeness (QED) is 0.884. The van der Waals surface area contributed by atoms with Gasteiger partial charge in [0.25, 0.3) is 0 Å². The van der Waals surface area contributed by atoms with Crippen LogP contribution in [-0.2, 0) is 6.42 Å². The van der Waals surface area contributed by atoms with E-state index in [0.29, 0.717) is 6.42 Å². The molecule has 2 aromatic rings. The summed E-state index contributed by atoms with van der Waals surface area (Å²) >= 11 is 1.62. The lowest BCUT2D eigenvalue weighted by molar-refractivity contribution is -0.00458. The third-order valence-electron chi connectivity index (χ3n) is 3.94. The highest BCUT2D eigenvalue weighted by Gasteiger charge is 2.33. The van der Waals surface area contributed by atoms with Crippen LogP contribution in [0.5, 0.6) is 0 Å². The molecule has 0 aliphatic carbocycles. The lowest BCUT2D eigenvalue weighted by Crippen LogP contribution is -2.53. The highest BCUT2D eigenvalue weighted by atomic mass is 32.1. The number of aliphatic hydroxyl groups excluding tert-OH is 1. The Morgan fingerprint density at radius 2 is 2.11 bits per heavy atom. The second kappa shape index (κ2) is 5.61. The average molecular weight is 281 g/mol. The van der Waals surface area contributed by atoms with Gasteiger partial charge >= 0.3 is 0 Å². The van der Waals surface area contributed by atoms with Gasteiger partial charge in [-0.2, -0.15) is 0 Å². The van der Waals surface area contributed by atoms with E-state index in [9.17, 15) is 5.11 Å². The van der Waals surface area contributed by atoms with Crippen molar-refractivity contribution in [1.29, 1.82) is 0 Å². The minimum absolute atomic E-state index is 0.236. The molecule has 2 aromatic heterocycles. The summed E-state index contributed by atoms with van der Waals surface area (Å²) in [5, 5.41) is 12.6. The Morgan fingerprint density at radius 3 is 2.68 bits per heavy atom. The van der Waals surface area contributed by atoms with E-state index >= 15 is 0 Å². The summed E-state index contributed by atoms with van der Waals surface area (Å²) in [5.41, 5.74) is 0.722. The third-order valence-corrected chi connectivity index (χ3v) is 4.71. The van der Waals surface area contributed by atoms with Gasteiger partial charge in [0.05, 0.1) is 11.8 Å². The second-order valence-electron chi connectivity index (χ2n) is 5.37. The van der Waals surface area contributed by atoms with E-state index in [1.165, 1.54) is 0 Å². The fourth-order valence-corrected chi connectivity index (χ4v) is 3.29. The van der Waals surface area contributed by atoms with Gasteiger partial charge in [-0.25, -0.2) is 4.98 Å². The predicted octanol–water partition coefficient (Wildman–Crippen LogP) is 2.42. The van der Waals surface area contributed by atoms with E-state index in [0.717, 1.165) is 23.7 Å². The molecule has 1 atom stereocenters. The molecule has 0 saturated carbocycles. The van der Waals surface area contributed by atoms with Gasteiger partial charge in [0.15, 0.2) is 4.96 Å². The maximum atomic E-state index is 10.5. The SMILES string of the molecule is CCN(CC)C(C)(C)C(O)Cc1cn2ccsc2n1. The number of imidazole rings is 1. The molecule has 0 saturated heterocycles. The fourth-order valence-electron chi connectivity index (χ4n) is 2.57. The Bertz CT molecular complexity index is 499. The van der Waals surface area contributed by atoms with Gasteiger partial charge in [0.1, 0.15) is 0 Å². The van der Waals surface area contributed by atoms with Crippen molar-refractivity contribution in [1.82, 2.24) is 14.3 Å². The summed E-state index contributed by atoms with van der Waals surface area (Å²) in [5.74, 6) is 0. The predicted molar refractivity (Wildman–Crippen MR) is 79.8 cm³/mol. The topological polar surface area (TPSA) is 40.8 Å². The number of hydrogen-bond acceptors (Lipinski definition) is 4. The molecule has 0 amide bonds. The molecule has 19 heavy (non-hydrogen) atoms. The first-order valence-electron chi connectivity index (χ1n) is 6.83. The standard InChI is InChI=1S/C14H23N3OS/c1-5-17(6-2)14(3,4)12(18)9-11-10-16-7-8-19-13(16)15-11/h7-8,10,12,18H,5-6,9H2,1-4H3. The smallest absolute Gasteiger partial charge is 0.193 e. The van der Waals surface area contributed by atoms with Gasteiger partial charge < -0.3 is 5.11 Å². The maximum Gasteiger partial charge on any atom is 0.193 e. The van der Waals surface area contributed by atoms with E-state index in [1.807, 2.05) is 22.2 Å². The number of likely N-dealkylation sites (N-methyl/N-ethyl adjacent to an activating group) is 1. The zero-order valence-corrected chi connectivity index (χ0v) is 12.9. The number of aliphatic hydroxyl groups is 1. The van der Waals surface area contributed by atoms with Crippen LogP contribution in [0.3, 0.4) is 0 Å². The minimum Gasteiger partial charge on any atom is -0.391 e. The Hall–Kier alpha value is -0.910. The van der Waals surface area contributed by atoms with E-state index in [4.69, 9.17) is 0 Å². The van der Waals surface area contributed by atoms with Gasteiger partial charge in [-0.05, 0) is 26.9 Å². The summed E-state index contributed by atoms with van der Waals surface area (Å²) in [4.78, 5) is 7.82. The summed E-state index contributed by atoms with van der Waals surface area (Å²) in [6.45, 7) is 10.3. The van der Waals surface area contributed by atoms with Gasteiger partial charge in [-0.3, -0.25) is 9.30 Å². The monoisotopic (exact) mass is 281 g/mol. The zero-order chi connectivity index (χ0) is 14.0. The molecule has 1 N–H and O–H groups in total. The second-order valence-corrected chi connectivity index (χ2v) is 6.24. The van der Waals surface area contributed by atoms with Gasteiger partial charge in [-0.15, -0.1) is 11.3 Å². The normalized spacial score (nSPS) is 14.4. The lowest BCUT2D eigenvalue weighted by Gasteiger charge is -2.40. The highest BCUT2D eigenvalue weighted by Crippen LogP contribution is 2.22. The van der Waals surface area contributed by atoms with Crippen molar-refractivity contribution in [3.63, 3.8) is 0 Å². The van der Waals surface area contributed by atoms with Crippen LogP contribution in [0.2, 0.25) is 0 Å². The number of hydrogen-bond donors (Lipinski definition) is 1. The van der Waals surface area contributed by atoms with Crippen molar-refractivity contribution in [2.45, 2.75) is 45.8 Å². The van der Waals surface area contributed by atoms with Crippen LogP contribution in [0.25, 0.3) is 4.96 Å². The number of thiazole rings is 1. The van der Waals surface area contributed by atoms with Crippen LogP contribution >= 0.6 is 11.3 Å². The van der Waals surface area contributed by atoms with Crippen molar-refractivity contribution >= 4 is 16.3 Å². The molecule has 4 nitrogen and oxygen atoms in total. The van der Waals surface area contributed by atoms with Crippen LogP contribution in [0, 0.1) is 0 Å². The van der Waals surface area contributed by atoms with Gasteiger partial charge in [-0.1, -0.05) is 13.8 Å². The lowest BCUT2D eigenvalue weighted by atomic mass is 9.91. The van der Waals surface area contributed by atoms with Crippen molar-refractivity contribution < 1.29 is 5.11 Å². The molecule has 0 radical (unpaired) electrons. The molecular weight excluding hydrogens is 258 g/mol. The van der Waals surface area contributed by atoms with Crippen LogP contribution in [0.1, 0.15) is 33.4 Å². The summed E-state index contributed by atoms with van der Waals surface area (Å²) in [6.07, 6.45) is 4.18. The first-order valence-corrected chi connectivity index (χ1v) is 7.71. The molecule has 0 spiro atoms. The largest absolute Gasteiger partial charge is 0.391 e. The molecule has 106 valence electrons. The van der Waals surface area contributed by atoms with E-state index in [-0.39, 0.29) is 5.54 Å². The molecule has 0 aliphatic rings. The molecular formula is C14H23N3OS. The first kappa shape index (κ1) is 14.5. The molecule has 2 rings (SSSR count). The molecule has 1 unspecified atom stereocenters. The van der Waals surface area contributed by atoms with Crippen molar-refractivity contribution in [3.05, 3.63) is 23.5 Å². The Morgan fingerprint density at radius 1 is 1.42 bits per heavy atom. The summed E-state index contributed by atoms with van der Waals surface area (Å²) in [6, 6.07) is 0. The van der Waals surface area contributed by atoms with Crippen LogP contribution in [0.15, 0.2) is 17.8 Å². The zero-order valence-electron chi connectivity index (χ0n) is 12.1. The molecule has 0 aromatic carbocycles. The fraction of sp³-hybridized carbons (Fsp3) is 0.643. The number of aromatic nitrogens is 2. The Kier molecular flexibility index (Phi) is 4.28. The molecule has 0 fully saturated rings. The number of nitrogens with zero attached hydrogens (tertiary/aromatic N) is 3. The number of rotatable bonds is 6. The van der Waals surface area contributed by atoms with Crippen LogP contribution in [-0.4, -0.2) is 44.1 Å². The molecule has 2 heterocycles.